The number of rotatable bonds is 7. The molecule has 5 aromatic rings. The smallest absolute Gasteiger partial charge is 0.248 e. The van der Waals surface area contributed by atoms with Crippen LogP contribution in [0.5, 0.6) is 11.6 Å². The van der Waals surface area contributed by atoms with Gasteiger partial charge in [-0.15, -0.1) is 10.2 Å². The Labute approximate surface area is 223 Å². The molecule has 12 nitrogen and oxygen atoms in total. The van der Waals surface area contributed by atoms with Crippen molar-refractivity contribution in [1.29, 1.82) is 0 Å². The van der Waals surface area contributed by atoms with E-state index in [-0.39, 0.29) is 11.9 Å². The molecule has 0 radical (unpaired) electrons. The van der Waals surface area contributed by atoms with Crippen molar-refractivity contribution >= 4 is 39.6 Å². The van der Waals surface area contributed by atoms with Gasteiger partial charge in [-0.1, -0.05) is 6.08 Å². The van der Waals surface area contributed by atoms with Crippen molar-refractivity contribution in [2.75, 3.05) is 30.4 Å². The topological polar surface area (TPSA) is 140 Å². The normalized spacial score (nSPS) is 15.6. The molecule has 0 bridgehead atoms. The van der Waals surface area contributed by atoms with Gasteiger partial charge in [0.25, 0.3) is 0 Å². The van der Waals surface area contributed by atoms with E-state index >= 15 is 0 Å². The quantitative estimate of drug-likeness (QED) is 0.272. The molecule has 196 valence electrons. The van der Waals surface area contributed by atoms with Crippen LogP contribution in [0.15, 0.2) is 73.6 Å². The van der Waals surface area contributed by atoms with Gasteiger partial charge in [0.05, 0.1) is 18.7 Å². The van der Waals surface area contributed by atoms with Gasteiger partial charge in [-0.25, -0.2) is 15.0 Å². The van der Waals surface area contributed by atoms with Crippen molar-refractivity contribution in [1.82, 2.24) is 34.9 Å². The first kappa shape index (κ1) is 24.4. The average Bonchev–Trinajstić information content (AvgIpc) is 3.42. The third-order valence-corrected chi connectivity index (χ3v) is 6.15. The van der Waals surface area contributed by atoms with Crippen LogP contribution in [0.25, 0.3) is 16.6 Å². The molecule has 1 unspecified atom stereocenters. The summed E-state index contributed by atoms with van der Waals surface area (Å²) in [6, 6.07) is 13.0. The Kier molecular flexibility index (Phi) is 6.76. The number of benzene rings is 2. The Balaban J connectivity index is 1.17. The van der Waals surface area contributed by atoms with Crippen LogP contribution in [-0.2, 0) is 9.53 Å². The van der Waals surface area contributed by atoms with Crippen molar-refractivity contribution < 1.29 is 14.3 Å². The van der Waals surface area contributed by atoms with Crippen molar-refractivity contribution in [3.63, 3.8) is 0 Å². The number of aromatic nitrogens is 6. The van der Waals surface area contributed by atoms with Crippen LogP contribution >= 0.6 is 0 Å². The number of fused-ring (bicyclic) bond motifs is 2. The third kappa shape index (κ3) is 5.66. The molecule has 1 fully saturated rings. The van der Waals surface area contributed by atoms with E-state index in [2.05, 4.69) is 41.1 Å². The predicted molar refractivity (Wildman–Crippen MR) is 145 cm³/mol. The van der Waals surface area contributed by atoms with Gasteiger partial charge in [0.15, 0.2) is 5.65 Å². The maximum Gasteiger partial charge on any atom is 0.248 e. The number of amides is 1. The van der Waals surface area contributed by atoms with Gasteiger partial charge < -0.3 is 25.4 Å². The molecule has 1 amide bonds. The van der Waals surface area contributed by atoms with Gasteiger partial charge in [-0.3, -0.25) is 9.20 Å². The molecule has 1 aliphatic heterocycles. The maximum atomic E-state index is 12.5. The van der Waals surface area contributed by atoms with E-state index in [1.807, 2.05) is 49.4 Å². The molecule has 3 N–H and O–H groups in total. The van der Waals surface area contributed by atoms with Crippen LogP contribution in [0, 0.1) is 6.92 Å². The number of carbonyl (C=O) groups excluding carboxylic acids is 1. The van der Waals surface area contributed by atoms with Crippen LogP contribution in [0.2, 0.25) is 0 Å². The predicted octanol–water partition coefficient (Wildman–Crippen LogP) is 3.39. The Morgan fingerprint density at radius 3 is 2.92 bits per heavy atom. The monoisotopic (exact) mass is 523 g/mol. The fourth-order valence-corrected chi connectivity index (χ4v) is 4.19. The zero-order chi connectivity index (χ0) is 26.6. The minimum atomic E-state index is -0.225. The van der Waals surface area contributed by atoms with Crippen LogP contribution < -0.4 is 20.7 Å². The molecule has 1 atom stereocenters. The molecule has 12 heteroatoms. The highest BCUT2D eigenvalue weighted by Gasteiger charge is 2.11. The van der Waals surface area contributed by atoms with Crippen LogP contribution in [0.3, 0.4) is 0 Å². The largest absolute Gasteiger partial charge is 0.439 e. The molecule has 6 rings (SSSR count). The molecule has 2 aromatic carbocycles. The highest BCUT2D eigenvalue weighted by molar-refractivity contribution is 6.02. The van der Waals surface area contributed by atoms with Crippen LogP contribution in [0.4, 0.5) is 17.2 Å². The van der Waals surface area contributed by atoms with E-state index < -0.39 is 0 Å². The molecule has 0 aliphatic carbocycles. The highest BCUT2D eigenvalue weighted by atomic mass is 16.5. The van der Waals surface area contributed by atoms with Gasteiger partial charge in [0, 0.05) is 41.5 Å². The molecule has 39 heavy (non-hydrogen) atoms. The summed E-state index contributed by atoms with van der Waals surface area (Å²) in [6.07, 6.45) is 8.01. The van der Waals surface area contributed by atoms with Crippen molar-refractivity contribution in [2.45, 2.75) is 13.0 Å². The molecular weight excluding hydrogens is 498 g/mol. The van der Waals surface area contributed by atoms with Crippen molar-refractivity contribution in [3.05, 3.63) is 79.2 Å². The summed E-state index contributed by atoms with van der Waals surface area (Å²) in [5, 5.41) is 18.2. The molecule has 3 aromatic heterocycles. The third-order valence-electron chi connectivity index (χ3n) is 6.15. The first-order valence-electron chi connectivity index (χ1n) is 12.4. The average molecular weight is 524 g/mol. The zero-order valence-electron chi connectivity index (χ0n) is 21.0. The number of hydrogen-bond donors (Lipinski definition) is 3. The lowest BCUT2D eigenvalue weighted by molar-refractivity contribution is -0.111. The second-order valence-electron chi connectivity index (χ2n) is 8.97. The van der Waals surface area contributed by atoms with Gasteiger partial charge in [-0.05, 0) is 48.9 Å². The van der Waals surface area contributed by atoms with Crippen LogP contribution in [-0.4, -0.2) is 61.3 Å². The fraction of sp³-hybridized carbons (Fsp3) is 0.185. The van der Waals surface area contributed by atoms with Gasteiger partial charge in [-0.2, -0.15) is 0 Å². The Morgan fingerprint density at radius 2 is 2.05 bits per heavy atom. The summed E-state index contributed by atoms with van der Waals surface area (Å²) in [5.41, 5.74) is 3.75. The highest BCUT2D eigenvalue weighted by Crippen LogP contribution is 2.30. The summed E-state index contributed by atoms with van der Waals surface area (Å²) in [6.45, 7) is 3.95. The van der Waals surface area contributed by atoms with E-state index in [0.717, 1.165) is 28.7 Å². The molecule has 4 heterocycles. The lowest BCUT2D eigenvalue weighted by Crippen LogP contribution is -2.39. The number of morpholine rings is 1. The number of anilines is 3. The van der Waals surface area contributed by atoms with Crippen molar-refractivity contribution in [2.24, 2.45) is 0 Å². The number of hydrogen-bond acceptors (Lipinski definition) is 10. The van der Waals surface area contributed by atoms with Gasteiger partial charge >= 0.3 is 0 Å². The molecule has 0 saturated carbocycles. The Morgan fingerprint density at radius 1 is 1.13 bits per heavy atom. The number of nitrogens with one attached hydrogen (secondary N) is 3. The standard InChI is InChI=1S/C27H25N9O3/c1-17-10-18(3-6-23(17)39-26-12-24-35-32-16-36(24)15-31-26)34-27-21-11-19(2-5-22(21)29-14-30-27)33-25(37)7-4-20-13-38-9-8-28-20/h2-7,10-12,14-16,20,28H,8-9,13H2,1H3,(H,33,37)(H,29,30,34)/b7-4-. The minimum absolute atomic E-state index is 0.0272. The van der Waals surface area contributed by atoms with E-state index in [1.165, 1.54) is 12.4 Å². The summed E-state index contributed by atoms with van der Waals surface area (Å²) in [5.74, 6) is 1.48. The molecule has 1 aliphatic rings. The summed E-state index contributed by atoms with van der Waals surface area (Å²) >= 11 is 0. The Hall–Kier alpha value is -4.94. The molecule has 1 saturated heterocycles. The fourth-order valence-electron chi connectivity index (χ4n) is 4.19. The number of nitrogens with zero attached hydrogens (tertiary/aromatic N) is 6. The SMILES string of the molecule is Cc1cc(Nc2ncnc3ccc(NC(=O)/C=C\C4COCCN4)cc23)ccc1Oc1cc2nncn2cn1. The van der Waals surface area contributed by atoms with Gasteiger partial charge in [0.2, 0.25) is 11.8 Å². The van der Waals surface area contributed by atoms with Crippen molar-refractivity contribution in [3.8, 4) is 11.6 Å². The first-order chi connectivity index (χ1) is 19.1. The summed E-state index contributed by atoms with van der Waals surface area (Å²) in [7, 11) is 0. The number of aryl methyl sites for hydroxylation is 1. The molecular formula is C27H25N9O3. The van der Waals surface area contributed by atoms with E-state index in [1.54, 1.807) is 23.1 Å². The summed E-state index contributed by atoms with van der Waals surface area (Å²) < 4.78 is 13.1. The zero-order valence-corrected chi connectivity index (χ0v) is 21.0. The number of carbonyl (C=O) groups is 1. The minimum Gasteiger partial charge on any atom is -0.439 e. The number of ether oxygens (including phenoxy) is 2. The Bertz CT molecular complexity index is 1680. The van der Waals surface area contributed by atoms with E-state index in [9.17, 15) is 4.79 Å². The van der Waals surface area contributed by atoms with Gasteiger partial charge in [0.1, 0.15) is 30.5 Å². The first-order valence-corrected chi connectivity index (χ1v) is 12.4. The maximum absolute atomic E-state index is 12.5. The lowest BCUT2D eigenvalue weighted by atomic mass is 10.1. The lowest BCUT2D eigenvalue weighted by Gasteiger charge is -2.20. The summed E-state index contributed by atoms with van der Waals surface area (Å²) in [4.78, 5) is 25.6. The van der Waals surface area contributed by atoms with E-state index in [0.29, 0.717) is 42.0 Å². The second-order valence-corrected chi connectivity index (χ2v) is 8.97. The van der Waals surface area contributed by atoms with Crippen LogP contribution in [0.1, 0.15) is 5.56 Å². The molecule has 0 spiro atoms. The van der Waals surface area contributed by atoms with E-state index in [4.69, 9.17) is 9.47 Å². The second kappa shape index (κ2) is 10.8.